The van der Waals surface area contributed by atoms with Gasteiger partial charge in [-0.05, 0) is 31.0 Å². The second-order valence-electron chi connectivity index (χ2n) is 5.27. The zero-order valence-electron chi connectivity index (χ0n) is 11.4. The molecule has 1 fully saturated rings. The van der Waals surface area contributed by atoms with Crippen LogP contribution in [-0.2, 0) is 4.79 Å². The third kappa shape index (κ3) is 5.00. The molecule has 1 amide bonds. The van der Waals surface area contributed by atoms with Crippen molar-refractivity contribution >= 4 is 23.2 Å². The van der Waals surface area contributed by atoms with Crippen molar-refractivity contribution in [3.8, 4) is 0 Å². The van der Waals surface area contributed by atoms with Crippen LogP contribution in [0.5, 0.6) is 0 Å². The van der Waals surface area contributed by atoms with Crippen LogP contribution < -0.4 is 10.6 Å². The van der Waals surface area contributed by atoms with Crippen LogP contribution in [0.1, 0.15) is 38.5 Å². The second-order valence-corrected chi connectivity index (χ2v) is 5.70. The zero-order chi connectivity index (χ0) is 14.4. The van der Waals surface area contributed by atoms with Crippen LogP contribution in [0, 0.1) is 5.82 Å². The second kappa shape index (κ2) is 7.48. The minimum absolute atomic E-state index is 0.0581. The SMILES string of the molecule is O=C(CNc1cc(F)cc(Cl)c1)NC1CCCCCC1. The zero-order valence-corrected chi connectivity index (χ0v) is 12.2. The van der Waals surface area contributed by atoms with Gasteiger partial charge in [0.05, 0.1) is 6.54 Å². The lowest BCUT2D eigenvalue weighted by Crippen LogP contribution is -2.38. The topological polar surface area (TPSA) is 41.1 Å². The molecule has 0 radical (unpaired) electrons. The normalized spacial score (nSPS) is 16.5. The van der Waals surface area contributed by atoms with Crippen LogP contribution >= 0.6 is 11.6 Å². The number of nitrogens with one attached hydrogen (secondary N) is 2. The summed E-state index contributed by atoms with van der Waals surface area (Å²) in [5, 5.41) is 6.24. The number of carbonyl (C=O) groups excluding carboxylic acids is 1. The quantitative estimate of drug-likeness (QED) is 0.832. The number of benzene rings is 1. The molecule has 0 spiro atoms. The van der Waals surface area contributed by atoms with E-state index in [1.807, 2.05) is 0 Å². The number of anilines is 1. The van der Waals surface area contributed by atoms with E-state index in [9.17, 15) is 9.18 Å². The molecule has 0 heterocycles. The van der Waals surface area contributed by atoms with Crippen LogP contribution in [0.3, 0.4) is 0 Å². The number of halogens is 2. The van der Waals surface area contributed by atoms with E-state index in [-0.39, 0.29) is 18.5 Å². The van der Waals surface area contributed by atoms with Crippen LogP contribution in [0.25, 0.3) is 0 Å². The number of amides is 1. The molecule has 3 nitrogen and oxygen atoms in total. The van der Waals surface area contributed by atoms with Crippen molar-refractivity contribution in [1.29, 1.82) is 0 Å². The van der Waals surface area contributed by atoms with Gasteiger partial charge in [0.15, 0.2) is 0 Å². The molecule has 20 heavy (non-hydrogen) atoms. The van der Waals surface area contributed by atoms with Crippen molar-refractivity contribution in [2.24, 2.45) is 0 Å². The van der Waals surface area contributed by atoms with Gasteiger partial charge in [0.25, 0.3) is 0 Å². The van der Waals surface area contributed by atoms with E-state index in [2.05, 4.69) is 10.6 Å². The lowest BCUT2D eigenvalue weighted by atomic mass is 10.1. The minimum atomic E-state index is -0.413. The highest BCUT2D eigenvalue weighted by Crippen LogP contribution is 2.18. The Bertz CT molecular complexity index is 439. The number of hydrogen-bond acceptors (Lipinski definition) is 2. The van der Waals surface area contributed by atoms with Gasteiger partial charge in [-0.25, -0.2) is 4.39 Å². The summed E-state index contributed by atoms with van der Waals surface area (Å²) >= 11 is 5.76. The van der Waals surface area contributed by atoms with E-state index in [0.717, 1.165) is 12.8 Å². The molecule has 110 valence electrons. The van der Waals surface area contributed by atoms with Crippen LogP contribution in [0.2, 0.25) is 5.02 Å². The van der Waals surface area contributed by atoms with Crippen molar-refractivity contribution < 1.29 is 9.18 Å². The third-order valence-corrected chi connectivity index (χ3v) is 3.75. The highest BCUT2D eigenvalue weighted by molar-refractivity contribution is 6.30. The van der Waals surface area contributed by atoms with Gasteiger partial charge in [-0.15, -0.1) is 0 Å². The van der Waals surface area contributed by atoms with Crippen molar-refractivity contribution in [3.05, 3.63) is 29.0 Å². The molecule has 1 saturated carbocycles. The van der Waals surface area contributed by atoms with E-state index in [4.69, 9.17) is 11.6 Å². The fourth-order valence-electron chi connectivity index (χ4n) is 2.54. The van der Waals surface area contributed by atoms with Gasteiger partial charge in [-0.3, -0.25) is 4.79 Å². The summed E-state index contributed by atoms with van der Waals surface area (Å²) in [6.07, 6.45) is 6.98. The Morgan fingerprint density at radius 1 is 1.20 bits per heavy atom. The molecule has 0 bridgehead atoms. The first-order chi connectivity index (χ1) is 9.63. The number of carbonyl (C=O) groups is 1. The monoisotopic (exact) mass is 298 g/mol. The fourth-order valence-corrected chi connectivity index (χ4v) is 2.76. The number of hydrogen-bond donors (Lipinski definition) is 2. The predicted octanol–water partition coefficient (Wildman–Crippen LogP) is 3.73. The molecule has 5 heteroatoms. The standard InChI is InChI=1S/C15H20ClFN2O/c16-11-7-12(17)9-14(8-11)18-10-15(20)19-13-5-3-1-2-4-6-13/h7-9,13,18H,1-6,10H2,(H,19,20). The summed E-state index contributed by atoms with van der Waals surface area (Å²) in [7, 11) is 0. The number of rotatable bonds is 4. The Balaban J connectivity index is 1.79. The maximum Gasteiger partial charge on any atom is 0.239 e. The summed E-state index contributed by atoms with van der Waals surface area (Å²) < 4.78 is 13.1. The maximum absolute atomic E-state index is 13.1. The first-order valence-electron chi connectivity index (χ1n) is 7.13. The van der Waals surface area contributed by atoms with Crippen molar-refractivity contribution in [3.63, 3.8) is 0 Å². The maximum atomic E-state index is 13.1. The van der Waals surface area contributed by atoms with E-state index < -0.39 is 5.82 Å². The molecule has 1 aliphatic carbocycles. The summed E-state index contributed by atoms with van der Waals surface area (Å²) in [4.78, 5) is 11.9. The molecule has 2 N–H and O–H groups in total. The van der Waals surface area contributed by atoms with E-state index in [1.54, 1.807) is 6.07 Å². The van der Waals surface area contributed by atoms with Gasteiger partial charge in [-0.1, -0.05) is 37.3 Å². The molecule has 0 aliphatic heterocycles. The first kappa shape index (κ1) is 15.1. The van der Waals surface area contributed by atoms with Crippen LogP contribution in [0.15, 0.2) is 18.2 Å². The van der Waals surface area contributed by atoms with Crippen LogP contribution in [0.4, 0.5) is 10.1 Å². The van der Waals surface area contributed by atoms with Crippen molar-refractivity contribution in [2.45, 2.75) is 44.6 Å². The Labute approximate surface area is 123 Å². The lowest BCUT2D eigenvalue weighted by molar-refractivity contribution is -0.120. The van der Waals surface area contributed by atoms with Gasteiger partial charge < -0.3 is 10.6 Å². The highest BCUT2D eigenvalue weighted by Gasteiger charge is 2.14. The molecule has 1 aromatic carbocycles. The van der Waals surface area contributed by atoms with Crippen molar-refractivity contribution in [2.75, 3.05) is 11.9 Å². The molecule has 0 unspecified atom stereocenters. The largest absolute Gasteiger partial charge is 0.376 e. The van der Waals surface area contributed by atoms with E-state index in [0.29, 0.717) is 10.7 Å². The van der Waals surface area contributed by atoms with Crippen LogP contribution in [-0.4, -0.2) is 18.5 Å². The highest BCUT2D eigenvalue weighted by atomic mass is 35.5. The Morgan fingerprint density at radius 2 is 1.90 bits per heavy atom. The molecular weight excluding hydrogens is 279 g/mol. The predicted molar refractivity (Wildman–Crippen MR) is 79.5 cm³/mol. The van der Waals surface area contributed by atoms with Crippen molar-refractivity contribution in [1.82, 2.24) is 5.32 Å². The average molecular weight is 299 g/mol. The Morgan fingerprint density at radius 3 is 2.55 bits per heavy atom. The molecule has 0 atom stereocenters. The lowest BCUT2D eigenvalue weighted by Gasteiger charge is -2.16. The molecule has 0 aromatic heterocycles. The average Bonchev–Trinajstić information content (AvgIpc) is 2.64. The summed E-state index contributed by atoms with van der Waals surface area (Å²) in [5.41, 5.74) is 0.519. The molecule has 1 aromatic rings. The third-order valence-electron chi connectivity index (χ3n) is 3.54. The smallest absolute Gasteiger partial charge is 0.239 e. The molecule has 0 saturated heterocycles. The summed E-state index contributed by atoms with van der Waals surface area (Å²) in [6.45, 7) is 0.135. The Hall–Kier alpha value is -1.29. The van der Waals surface area contributed by atoms with Gasteiger partial charge in [0.1, 0.15) is 5.82 Å². The van der Waals surface area contributed by atoms with Gasteiger partial charge in [0.2, 0.25) is 5.91 Å². The van der Waals surface area contributed by atoms with Gasteiger partial charge in [-0.2, -0.15) is 0 Å². The van der Waals surface area contributed by atoms with Gasteiger partial charge in [0, 0.05) is 16.8 Å². The Kier molecular flexibility index (Phi) is 5.65. The minimum Gasteiger partial charge on any atom is -0.376 e. The molecular formula is C15H20ClFN2O. The summed E-state index contributed by atoms with van der Waals surface area (Å²) in [6, 6.07) is 4.44. The summed E-state index contributed by atoms with van der Waals surface area (Å²) in [5.74, 6) is -0.471. The first-order valence-corrected chi connectivity index (χ1v) is 7.50. The van der Waals surface area contributed by atoms with Gasteiger partial charge >= 0.3 is 0 Å². The van der Waals surface area contributed by atoms with E-state index in [1.165, 1.54) is 37.8 Å². The molecule has 2 rings (SSSR count). The van der Waals surface area contributed by atoms with E-state index >= 15 is 0 Å². The molecule has 1 aliphatic rings. The fraction of sp³-hybridized carbons (Fsp3) is 0.533.